The first-order valence-corrected chi connectivity index (χ1v) is 6.62. The van der Waals surface area contributed by atoms with Crippen molar-refractivity contribution in [2.45, 2.75) is 32.9 Å². The van der Waals surface area contributed by atoms with Crippen molar-refractivity contribution in [2.24, 2.45) is 0 Å². The Morgan fingerprint density at radius 1 is 1.47 bits per heavy atom. The van der Waals surface area contributed by atoms with E-state index in [1.54, 1.807) is 12.1 Å². The van der Waals surface area contributed by atoms with Gasteiger partial charge in [0.25, 0.3) is 0 Å². The molecule has 108 valence electrons. The SMILES string of the molecule is COC(=O)c1ccc(CNCCCN(C)C(C)C)o1. The lowest BCUT2D eigenvalue weighted by molar-refractivity contribution is 0.0563. The number of furan rings is 1. The number of rotatable bonds is 8. The molecular formula is C14H24N2O3. The number of methoxy groups -OCH3 is 1. The van der Waals surface area contributed by atoms with Gasteiger partial charge in [-0.2, -0.15) is 0 Å². The third kappa shape index (κ3) is 5.44. The standard InChI is InChI=1S/C14H24N2O3/c1-11(2)16(3)9-5-8-15-10-12-6-7-13(19-12)14(17)18-4/h6-7,11,15H,5,8-10H2,1-4H3. The smallest absolute Gasteiger partial charge is 0.373 e. The van der Waals surface area contributed by atoms with Gasteiger partial charge in [0.1, 0.15) is 5.76 Å². The predicted molar refractivity (Wildman–Crippen MR) is 74.1 cm³/mol. The molecule has 0 saturated carbocycles. The van der Waals surface area contributed by atoms with Crippen molar-refractivity contribution in [1.29, 1.82) is 0 Å². The molecule has 0 aliphatic rings. The van der Waals surface area contributed by atoms with Crippen LogP contribution in [0, 0.1) is 0 Å². The summed E-state index contributed by atoms with van der Waals surface area (Å²) < 4.78 is 9.94. The maximum Gasteiger partial charge on any atom is 0.373 e. The largest absolute Gasteiger partial charge is 0.463 e. The summed E-state index contributed by atoms with van der Waals surface area (Å²) >= 11 is 0. The molecule has 0 aliphatic carbocycles. The quantitative estimate of drug-likeness (QED) is 0.576. The molecule has 1 aromatic heterocycles. The van der Waals surface area contributed by atoms with Gasteiger partial charge in [0.15, 0.2) is 0 Å². The number of nitrogens with one attached hydrogen (secondary N) is 1. The number of carbonyl (C=O) groups excluding carboxylic acids is 1. The van der Waals surface area contributed by atoms with E-state index >= 15 is 0 Å². The lowest BCUT2D eigenvalue weighted by atomic mass is 10.3. The van der Waals surface area contributed by atoms with Gasteiger partial charge in [-0.05, 0) is 52.5 Å². The van der Waals surface area contributed by atoms with Gasteiger partial charge >= 0.3 is 5.97 Å². The van der Waals surface area contributed by atoms with Crippen molar-refractivity contribution >= 4 is 5.97 Å². The fourth-order valence-corrected chi connectivity index (χ4v) is 1.61. The van der Waals surface area contributed by atoms with E-state index in [1.807, 2.05) is 0 Å². The third-order valence-corrected chi connectivity index (χ3v) is 3.09. The highest BCUT2D eigenvalue weighted by atomic mass is 16.5. The summed E-state index contributed by atoms with van der Waals surface area (Å²) in [6.45, 7) is 6.99. The van der Waals surface area contributed by atoms with Crippen LogP contribution in [-0.2, 0) is 11.3 Å². The van der Waals surface area contributed by atoms with Crippen LogP contribution in [-0.4, -0.2) is 44.2 Å². The first-order chi connectivity index (χ1) is 9.04. The minimum atomic E-state index is -0.440. The molecule has 0 bridgehead atoms. The van der Waals surface area contributed by atoms with Crippen molar-refractivity contribution in [1.82, 2.24) is 10.2 Å². The Kier molecular flexibility index (Phi) is 6.59. The number of nitrogens with zero attached hydrogens (tertiary/aromatic N) is 1. The van der Waals surface area contributed by atoms with Crippen molar-refractivity contribution in [3.05, 3.63) is 23.7 Å². The summed E-state index contributed by atoms with van der Waals surface area (Å²) in [5.74, 6) is 0.557. The van der Waals surface area contributed by atoms with Gasteiger partial charge in [0.05, 0.1) is 13.7 Å². The molecule has 0 atom stereocenters. The van der Waals surface area contributed by atoms with Crippen LogP contribution in [0.25, 0.3) is 0 Å². The zero-order chi connectivity index (χ0) is 14.3. The van der Waals surface area contributed by atoms with Crippen molar-refractivity contribution in [3.63, 3.8) is 0 Å². The van der Waals surface area contributed by atoms with Gasteiger partial charge in [-0.3, -0.25) is 0 Å². The topological polar surface area (TPSA) is 54.7 Å². The molecule has 0 aliphatic heterocycles. The van der Waals surface area contributed by atoms with E-state index in [0.717, 1.165) is 25.3 Å². The van der Waals surface area contributed by atoms with Gasteiger partial charge in [-0.25, -0.2) is 4.79 Å². The van der Waals surface area contributed by atoms with Gasteiger partial charge in [-0.1, -0.05) is 0 Å². The molecule has 0 amide bonds. The van der Waals surface area contributed by atoms with Crippen LogP contribution >= 0.6 is 0 Å². The summed E-state index contributed by atoms with van der Waals surface area (Å²) in [6, 6.07) is 4.00. The first kappa shape index (κ1) is 15.7. The Morgan fingerprint density at radius 2 is 2.21 bits per heavy atom. The zero-order valence-corrected chi connectivity index (χ0v) is 12.2. The van der Waals surface area contributed by atoms with Crippen LogP contribution in [0.3, 0.4) is 0 Å². The van der Waals surface area contributed by atoms with Crippen LogP contribution < -0.4 is 5.32 Å². The maximum absolute atomic E-state index is 11.2. The average Bonchev–Trinajstić information content (AvgIpc) is 2.85. The van der Waals surface area contributed by atoms with Gasteiger partial charge in [0, 0.05) is 6.04 Å². The summed E-state index contributed by atoms with van der Waals surface area (Å²) in [7, 11) is 3.47. The van der Waals surface area contributed by atoms with E-state index in [0.29, 0.717) is 12.6 Å². The lowest BCUT2D eigenvalue weighted by Gasteiger charge is -2.20. The van der Waals surface area contributed by atoms with E-state index < -0.39 is 5.97 Å². The lowest BCUT2D eigenvalue weighted by Crippen LogP contribution is -2.29. The second kappa shape index (κ2) is 7.96. The van der Waals surface area contributed by atoms with E-state index in [2.05, 4.69) is 35.8 Å². The van der Waals surface area contributed by atoms with E-state index in [4.69, 9.17) is 4.42 Å². The van der Waals surface area contributed by atoms with Crippen LogP contribution in [0.2, 0.25) is 0 Å². The maximum atomic E-state index is 11.2. The van der Waals surface area contributed by atoms with Crippen LogP contribution in [0.15, 0.2) is 16.5 Å². The molecule has 0 radical (unpaired) electrons. The number of hydrogen-bond acceptors (Lipinski definition) is 5. The Hall–Kier alpha value is -1.33. The monoisotopic (exact) mass is 268 g/mol. The van der Waals surface area contributed by atoms with E-state index in [9.17, 15) is 4.79 Å². The van der Waals surface area contributed by atoms with E-state index in [-0.39, 0.29) is 5.76 Å². The molecule has 5 nitrogen and oxygen atoms in total. The predicted octanol–water partition coefficient (Wildman–Crippen LogP) is 1.89. The molecule has 1 aromatic rings. The highest BCUT2D eigenvalue weighted by Crippen LogP contribution is 2.08. The van der Waals surface area contributed by atoms with Crippen molar-refractivity contribution in [3.8, 4) is 0 Å². The van der Waals surface area contributed by atoms with Gasteiger partial charge in [0.2, 0.25) is 5.76 Å². The molecular weight excluding hydrogens is 244 g/mol. The molecule has 1 N–H and O–H groups in total. The zero-order valence-electron chi connectivity index (χ0n) is 12.2. The fourth-order valence-electron chi connectivity index (χ4n) is 1.61. The number of carbonyl (C=O) groups is 1. The summed E-state index contributed by atoms with van der Waals surface area (Å²) in [6.07, 6.45) is 1.08. The minimum Gasteiger partial charge on any atom is -0.463 e. The Morgan fingerprint density at radius 3 is 2.84 bits per heavy atom. The Bertz CT molecular complexity index is 388. The minimum absolute atomic E-state index is 0.249. The Balaban J connectivity index is 2.19. The second-order valence-corrected chi connectivity index (χ2v) is 4.86. The van der Waals surface area contributed by atoms with Crippen LogP contribution in [0.5, 0.6) is 0 Å². The number of esters is 1. The normalized spacial score (nSPS) is 11.3. The fraction of sp³-hybridized carbons (Fsp3) is 0.643. The highest BCUT2D eigenvalue weighted by Gasteiger charge is 2.10. The molecule has 0 spiro atoms. The highest BCUT2D eigenvalue weighted by molar-refractivity contribution is 5.86. The molecule has 5 heteroatoms. The van der Waals surface area contributed by atoms with Crippen LogP contribution in [0.4, 0.5) is 0 Å². The van der Waals surface area contributed by atoms with E-state index in [1.165, 1.54) is 7.11 Å². The van der Waals surface area contributed by atoms with Crippen LogP contribution in [0.1, 0.15) is 36.6 Å². The molecule has 0 fully saturated rings. The number of hydrogen-bond donors (Lipinski definition) is 1. The summed E-state index contributed by atoms with van der Waals surface area (Å²) in [4.78, 5) is 13.5. The number of ether oxygens (including phenoxy) is 1. The van der Waals surface area contributed by atoms with Crippen molar-refractivity contribution in [2.75, 3.05) is 27.2 Å². The Labute approximate surface area is 114 Å². The molecule has 0 unspecified atom stereocenters. The molecule has 19 heavy (non-hydrogen) atoms. The average molecular weight is 268 g/mol. The molecule has 1 rings (SSSR count). The van der Waals surface area contributed by atoms with Gasteiger partial charge < -0.3 is 19.4 Å². The van der Waals surface area contributed by atoms with Gasteiger partial charge in [-0.15, -0.1) is 0 Å². The summed E-state index contributed by atoms with van der Waals surface area (Å²) in [5.41, 5.74) is 0. The molecule has 1 heterocycles. The summed E-state index contributed by atoms with van der Waals surface area (Å²) in [5, 5.41) is 3.29. The molecule has 0 saturated heterocycles. The third-order valence-electron chi connectivity index (χ3n) is 3.09. The molecule has 0 aromatic carbocycles. The first-order valence-electron chi connectivity index (χ1n) is 6.62. The van der Waals surface area contributed by atoms with Crippen molar-refractivity contribution < 1.29 is 13.9 Å². The second-order valence-electron chi connectivity index (χ2n) is 4.86.